The summed E-state index contributed by atoms with van der Waals surface area (Å²) in [6.07, 6.45) is 6.29. The Hall–Kier alpha value is -2.82. The molecule has 1 aliphatic heterocycles. The summed E-state index contributed by atoms with van der Waals surface area (Å²) in [6, 6.07) is 16.0. The lowest BCUT2D eigenvalue weighted by Gasteiger charge is -2.36. The molecule has 0 aromatic heterocycles. The molecule has 2 aromatic rings. The van der Waals surface area contributed by atoms with Gasteiger partial charge < -0.3 is 14.4 Å². The molecule has 5 nitrogen and oxygen atoms in total. The molecule has 0 N–H and O–H groups in total. The molecule has 1 heterocycles. The smallest absolute Gasteiger partial charge is 0.410 e. The fourth-order valence-corrected chi connectivity index (χ4v) is 4.76. The third-order valence-electron chi connectivity index (χ3n) is 6.98. The molecule has 0 saturated carbocycles. The molecule has 0 spiro atoms. The molecule has 1 aliphatic rings. The maximum atomic E-state index is 12.7. The van der Waals surface area contributed by atoms with Crippen LogP contribution in [0.4, 0.5) is 4.79 Å². The van der Waals surface area contributed by atoms with E-state index in [0.717, 1.165) is 23.3 Å². The highest BCUT2D eigenvalue weighted by Crippen LogP contribution is 2.39. The van der Waals surface area contributed by atoms with Gasteiger partial charge in [0.15, 0.2) is 0 Å². The first-order valence-corrected chi connectivity index (χ1v) is 13.1. The minimum Gasteiger partial charge on any atom is -0.489 e. The van der Waals surface area contributed by atoms with Crippen molar-refractivity contribution in [2.45, 2.75) is 90.7 Å². The number of amides is 1. The lowest BCUT2D eigenvalue weighted by atomic mass is 9.79. The van der Waals surface area contributed by atoms with Crippen LogP contribution in [-0.4, -0.2) is 29.9 Å². The van der Waals surface area contributed by atoms with Gasteiger partial charge in [0.25, 0.3) is 0 Å². The van der Waals surface area contributed by atoms with E-state index in [1.165, 1.54) is 31.2 Å². The minimum atomic E-state index is -0.386. The van der Waals surface area contributed by atoms with E-state index in [-0.39, 0.29) is 29.8 Å². The number of hydrogen-bond acceptors (Lipinski definition) is 4. The Morgan fingerprint density at radius 3 is 2.54 bits per heavy atom. The predicted molar refractivity (Wildman–Crippen MR) is 140 cm³/mol. The molecule has 5 heteroatoms. The zero-order valence-corrected chi connectivity index (χ0v) is 21.8. The van der Waals surface area contributed by atoms with Crippen molar-refractivity contribution in [3.63, 3.8) is 0 Å². The van der Waals surface area contributed by atoms with E-state index >= 15 is 0 Å². The van der Waals surface area contributed by atoms with Crippen molar-refractivity contribution in [1.29, 1.82) is 0 Å². The van der Waals surface area contributed by atoms with Gasteiger partial charge in [-0.15, -0.1) is 0 Å². The quantitative estimate of drug-likeness (QED) is 0.316. The molecule has 0 aliphatic carbocycles. The number of carbonyl (C=O) groups excluding carboxylic acids is 2. The molecule has 3 rings (SSSR count). The van der Waals surface area contributed by atoms with Gasteiger partial charge in [-0.2, -0.15) is 0 Å². The number of unbranched alkanes of at least 4 members (excludes halogenated alkanes) is 3. The van der Waals surface area contributed by atoms with Gasteiger partial charge in [0, 0.05) is 24.9 Å². The summed E-state index contributed by atoms with van der Waals surface area (Å²) in [6.45, 7) is 9.69. The van der Waals surface area contributed by atoms with Crippen LogP contribution in [0.15, 0.2) is 48.5 Å². The van der Waals surface area contributed by atoms with Gasteiger partial charge in [0.2, 0.25) is 0 Å². The summed E-state index contributed by atoms with van der Waals surface area (Å²) >= 11 is 0. The summed E-state index contributed by atoms with van der Waals surface area (Å²) < 4.78 is 11.7. The largest absolute Gasteiger partial charge is 0.489 e. The number of Topliss-reactive ketones (excluding diaryl/α,β-unsaturated/α-hetero) is 1. The Bertz CT molecular complexity index is 970. The second kappa shape index (κ2) is 12.8. The van der Waals surface area contributed by atoms with E-state index in [1.807, 2.05) is 30.3 Å². The third kappa shape index (κ3) is 7.33. The Balaban J connectivity index is 1.93. The average Bonchev–Trinajstić information content (AvgIpc) is 2.86. The van der Waals surface area contributed by atoms with Gasteiger partial charge in [0.1, 0.15) is 18.1 Å². The number of ether oxygens (including phenoxy) is 2. The predicted octanol–water partition coefficient (Wildman–Crippen LogP) is 7.38. The van der Waals surface area contributed by atoms with Crippen LogP contribution in [0.3, 0.4) is 0 Å². The number of piperidine rings is 1. The number of nitrogens with zero attached hydrogens (tertiary/aromatic N) is 1. The number of likely N-dealkylation sites (tertiary alicyclic amines) is 1. The zero-order valence-electron chi connectivity index (χ0n) is 21.8. The fraction of sp³-hybridized carbons (Fsp3) is 0.533. The average molecular weight is 480 g/mol. The van der Waals surface area contributed by atoms with Crippen molar-refractivity contribution in [1.82, 2.24) is 4.90 Å². The van der Waals surface area contributed by atoms with E-state index in [1.54, 1.807) is 11.8 Å². The maximum Gasteiger partial charge on any atom is 0.410 e. The lowest BCUT2D eigenvalue weighted by molar-refractivity contribution is -0.122. The molecular weight excluding hydrogens is 438 g/mol. The second-order valence-electron chi connectivity index (χ2n) is 10.1. The number of ketones is 1. The molecule has 190 valence electrons. The molecule has 1 amide bonds. The van der Waals surface area contributed by atoms with E-state index < -0.39 is 0 Å². The minimum absolute atomic E-state index is 0.000338. The maximum absolute atomic E-state index is 12.7. The molecule has 1 atom stereocenters. The Kier molecular flexibility index (Phi) is 9.76. The third-order valence-corrected chi connectivity index (χ3v) is 6.98. The number of carbonyl (C=O) groups is 2. The SMILES string of the molecule is CCCCCCC(C)(C)c1ccc(C2CC(=O)CCN2C(=O)OCC)c(OCc2ccccc2)c1. The molecule has 1 saturated heterocycles. The highest BCUT2D eigenvalue weighted by molar-refractivity contribution is 5.83. The second-order valence-corrected chi connectivity index (χ2v) is 10.1. The number of hydrogen-bond donors (Lipinski definition) is 0. The van der Waals surface area contributed by atoms with Crippen LogP contribution in [0, 0.1) is 0 Å². The van der Waals surface area contributed by atoms with Crippen molar-refractivity contribution >= 4 is 11.9 Å². The molecule has 1 unspecified atom stereocenters. The van der Waals surface area contributed by atoms with Gasteiger partial charge in [-0.1, -0.05) is 88.9 Å². The van der Waals surface area contributed by atoms with Crippen LogP contribution >= 0.6 is 0 Å². The van der Waals surface area contributed by atoms with Crippen molar-refractivity contribution in [3.8, 4) is 5.75 Å². The highest BCUT2D eigenvalue weighted by Gasteiger charge is 2.35. The normalized spacial score (nSPS) is 16.3. The van der Waals surface area contributed by atoms with Crippen molar-refractivity contribution in [2.75, 3.05) is 13.2 Å². The Labute approximate surface area is 210 Å². The molecule has 0 bridgehead atoms. The van der Waals surface area contributed by atoms with Gasteiger partial charge >= 0.3 is 6.09 Å². The first kappa shape index (κ1) is 26.8. The lowest BCUT2D eigenvalue weighted by Crippen LogP contribution is -2.41. The summed E-state index contributed by atoms with van der Waals surface area (Å²) in [5.74, 6) is 0.895. The van der Waals surface area contributed by atoms with Gasteiger partial charge in [-0.05, 0) is 36.0 Å². The van der Waals surface area contributed by atoms with Gasteiger partial charge in [0.05, 0.1) is 12.6 Å². The molecule has 35 heavy (non-hydrogen) atoms. The number of rotatable bonds is 11. The standard InChI is InChI=1S/C30H41NO4/c1-5-7-8-12-18-30(3,4)24-15-16-26(28(20-24)35-22-23-13-10-9-11-14-23)27-21-25(32)17-19-31(27)29(33)34-6-2/h9-11,13-16,20,27H,5-8,12,17-19,21-22H2,1-4H3. The molecule has 2 aromatic carbocycles. The summed E-state index contributed by atoms with van der Waals surface area (Å²) in [5.41, 5.74) is 3.16. The van der Waals surface area contributed by atoms with Crippen LogP contribution in [-0.2, 0) is 21.6 Å². The zero-order chi connectivity index (χ0) is 25.3. The van der Waals surface area contributed by atoms with Crippen LogP contribution in [0.1, 0.15) is 95.4 Å². The Morgan fingerprint density at radius 2 is 1.83 bits per heavy atom. The number of benzene rings is 2. The molecular formula is C30H41NO4. The topological polar surface area (TPSA) is 55.8 Å². The van der Waals surface area contributed by atoms with E-state index in [0.29, 0.717) is 26.2 Å². The molecule has 1 fully saturated rings. The summed E-state index contributed by atoms with van der Waals surface area (Å²) in [4.78, 5) is 26.9. The van der Waals surface area contributed by atoms with E-state index in [4.69, 9.17) is 9.47 Å². The monoisotopic (exact) mass is 479 g/mol. The van der Waals surface area contributed by atoms with E-state index in [2.05, 4.69) is 39.0 Å². The first-order valence-electron chi connectivity index (χ1n) is 13.1. The van der Waals surface area contributed by atoms with Crippen molar-refractivity contribution in [3.05, 3.63) is 65.2 Å². The van der Waals surface area contributed by atoms with Crippen LogP contribution in [0.25, 0.3) is 0 Å². The first-order chi connectivity index (χ1) is 16.9. The molecule has 0 radical (unpaired) electrons. The van der Waals surface area contributed by atoms with Gasteiger partial charge in [-0.3, -0.25) is 4.79 Å². The summed E-state index contributed by atoms with van der Waals surface area (Å²) in [7, 11) is 0. The van der Waals surface area contributed by atoms with Crippen LogP contribution in [0.2, 0.25) is 0 Å². The van der Waals surface area contributed by atoms with Gasteiger partial charge in [-0.25, -0.2) is 4.79 Å². The van der Waals surface area contributed by atoms with Crippen molar-refractivity contribution in [2.24, 2.45) is 0 Å². The van der Waals surface area contributed by atoms with Crippen molar-refractivity contribution < 1.29 is 19.1 Å². The van der Waals surface area contributed by atoms with Crippen LogP contribution in [0.5, 0.6) is 5.75 Å². The fourth-order valence-electron chi connectivity index (χ4n) is 4.76. The van der Waals surface area contributed by atoms with Crippen LogP contribution < -0.4 is 4.74 Å². The summed E-state index contributed by atoms with van der Waals surface area (Å²) in [5, 5.41) is 0. The highest BCUT2D eigenvalue weighted by atomic mass is 16.6. The van der Waals surface area contributed by atoms with E-state index in [9.17, 15) is 9.59 Å². The Morgan fingerprint density at radius 1 is 1.06 bits per heavy atom.